The zero-order chi connectivity index (χ0) is 18.1. The average Bonchev–Trinajstić information content (AvgIpc) is 3.40. The van der Waals surface area contributed by atoms with Crippen molar-refractivity contribution in [3.63, 3.8) is 0 Å². The van der Waals surface area contributed by atoms with E-state index in [1.54, 1.807) is 0 Å². The maximum Gasteiger partial charge on any atom is 0.277 e. The molecular formula is C19H24N2O4S. The zero-order valence-electron chi connectivity index (χ0n) is 14.7. The first kappa shape index (κ1) is 17.7. The van der Waals surface area contributed by atoms with Crippen LogP contribution in [0.25, 0.3) is 5.57 Å². The van der Waals surface area contributed by atoms with E-state index < -0.39 is 0 Å². The number of piperidine rings is 1. The topological polar surface area (TPSA) is 70.1 Å². The highest BCUT2D eigenvalue weighted by Crippen LogP contribution is 2.36. The van der Waals surface area contributed by atoms with Crippen LogP contribution in [0, 0.1) is 5.92 Å². The van der Waals surface area contributed by atoms with E-state index in [1.165, 1.54) is 16.2 Å². The summed E-state index contributed by atoms with van der Waals surface area (Å²) in [5.41, 5.74) is 1.02. The molecule has 1 aromatic rings. The van der Waals surface area contributed by atoms with Crippen molar-refractivity contribution in [2.45, 2.75) is 31.8 Å². The Balaban J connectivity index is 1.66. The third-order valence-electron chi connectivity index (χ3n) is 5.41. The summed E-state index contributed by atoms with van der Waals surface area (Å²) in [4.78, 5) is 30.5. The van der Waals surface area contributed by atoms with Gasteiger partial charge in [-0.2, -0.15) is 0 Å². The molecule has 2 unspecified atom stereocenters. The SMILES string of the molecule is O=C1C(c2cccs2)=C(N2CCCC(CO)C2)C(=O)N1CC1CCCO1. The summed E-state index contributed by atoms with van der Waals surface area (Å²) in [5.74, 6) is -0.280. The highest BCUT2D eigenvalue weighted by molar-refractivity contribution is 7.11. The molecule has 1 aromatic heterocycles. The molecule has 140 valence electrons. The van der Waals surface area contributed by atoms with Crippen LogP contribution in [0.4, 0.5) is 0 Å². The Labute approximate surface area is 157 Å². The minimum Gasteiger partial charge on any atom is -0.396 e. The van der Waals surface area contributed by atoms with Crippen molar-refractivity contribution < 1.29 is 19.4 Å². The lowest BCUT2D eigenvalue weighted by atomic mass is 9.98. The van der Waals surface area contributed by atoms with Gasteiger partial charge in [-0.05, 0) is 43.0 Å². The quantitative estimate of drug-likeness (QED) is 0.793. The highest BCUT2D eigenvalue weighted by atomic mass is 32.1. The largest absolute Gasteiger partial charge is 0.396 e. The highest BCUT2D eigenvalue weighted by Gasteiger charge is 2.43. The third kappa shape index (κ3) is 3.19. The van der Waals surface area contributed by atoms with E-state index in [-0.39, 0.29) is 30.4 Å². The van der Waals surface area contributed by atoms with E-state index in [0.29, 0.717) is 31.0 Å². The summed E-state index contributed by atoms with van der Waals surface area (Å²) in [5, 5.41) is 11.5. The number of nitrogens with zero attached hydrogens (tertiary/aromatic N) is 2. The number of imide groups is 1. The lowest BCUT2D eigenvalue weighted by Gasteiger charge is -2.34. The summed E-state index contributed by atoms with van der Waals surface area (Å²) in [6.07, 6.45) is 3.68. The standard InChI is InChI=1S/C19H24N2O4S/c22-12-13-4-1-7-20(10-13)17-16(15-6-3-9-26-15)18(23)21(19(17)24)11-14-5-2-8-25-14/h3,6,9,13-14,22H,1-2,4-5,7-8,10-12H2. The summed E-state index contributed by atoms with van der Waals surface area (Å²) in [7, 11) is 0. The molecule has 26 heavy (non-hydrogen) atoms. The van der Waals surface area contributed by atoms with Crippen LogP contribution < -0.4 is 0 Å². The Bertz CT molecular complexity index is 709. The molecule has 0 aromatic carbocycles. The maximum atomic E-state index is 13.2. The summed E-state index contributed by atoms with van der Waals surface area (Å²) in [6.45, 7) is 2.50. The molecule has 3 aliphatic rings. The van der Waals surface area contributed by atoms with Crippen molar-refractivity contribution in [3.8, 4) is 0 Å². The van der Waals surface area contributed by atoms with Crippen LogP contribution in [-0.4, -0.2) is 65.7 Å². The fourth-order valence-electron chi connectivity index (χ4n) is 4.07. The van der Waals surface area contributed by atoms with Gasteiger partial charge < -0.3 is 14.7 Å². The van der Waals surface area contributed by atoms with E-state index in [2.05, 4.69) is 0 Å². The van der Waals surface area contributed by atoms with Crippen molar-refractivity contribution in [2.24, 2.45) is 5.92 Å². The zero-order valence-corrected chi connectivity index (χ0v) is 15.5. The first-order valence-electron chi connectivity index (χ1n) is 9.30. The van der Waals surface area contributed by atoms with E-state index in [9.17, 15) is 14.7 Å². The van der Waals surface area contributed by atoms with E-state index >= 15 is 0 Å². The van der Waals surface area contributed by atoms with Gasteiger partial charge in [-0.25, -0.2) is 0 Å². The van der Waals surface area contributed by atoms with Gasteiger partial charge >= 0.3 is 0 Å². The fraction of sp³-hybridized carbons (Fsp3) is 0.579. The summed E-state index contributed by atoms with van der Waals surface area (Å²) < 4.78 is 5.64. The normalized spacial score (nSPS) is 27.1. The molecule has 0 radical (unpaired) electrons. The van der Waals surface area contributed by atoms with Gasteiger partial charge in [-0.3, -0.25) is 14.5 Å². The Morgan fingerprint density at radius 1 is 1.23 bits per heavy atom. The molecule has 2 saturated heterocycles. The van der Waals surface area contributed by atoms with Crippen LogP contribution in [0.1, 0.15) is 30.6 Å². The number of hydrogen-bond donors (Lipinski definition) is 1. The third-order valence-corrected chi connectivity index (χ3v) is 6.30. The molecule has 0 aliphatic carbocycles. The van der Waals surface area contributed by atoms with Gasteiger partial charge in [0.25, 0.3) is 11.8 Å². The van der Waals surface area contributed by atoms with Crippen LogP contribution in [0.3, 0.4) is 0 Å². The van der Waals surface area contributed by atoms with Crippen LogP contribution in [-0.2, 0) is 14.3 Å². The second-order valence-corrected chi connectivity index (χ2v) is 8.14. The number of ether oxygens (including phenoxy) is 1. The molecule has 2 fully saturated rings. The molecule has 2 atom stereocenters. The van der Waals surface area contributed by atoms with Gasteiger partial charge in [0.05, 0.1) is 18.2 Å². The number of aliphatic hydroxyl groups is 1. The number of rotatable bonds is 5. The minimum atomic E-state index is -0.215. The molecule has 2 amide bonds. The molecular weight excluding hydrogens is 352 g/mol. The number of hydrogen-bond acceptors (Lipinski definition) is 6. The van der Waals surface area contributed by atoms with Crippen molar-refractivity contribution >= 4 is 28.7 Å². The second kappa shape index (κ2) is 7.50. The minimum absolute atomic E-state index is 0.0571. The van der Waals surface area contributed by atoms with Crippen LogP contribution >= 0.6 is 11.3 Å². The number of aliphatic hydroxyl groups excluding tert-OH is 1. The van der Waals surface area contributed by atoms with Crippen molar-refractivity contribution in [1.82, 2.24) is 9.80 Å². The van der Waals surface area contributed by atoms with Gasteiger partial charge in [0.2, 0.25) is 0 Å². The average molecular weight is 376 g/mol. The fourth-order valence-corrected chi connectivity index (χ4v) is 4.84. The van der Waals surface area contributed by atoms with E-state index in [1.807, 2.05) is 22.4 Å². The van der Waals surface area contributed by atoms with Gasteiger partial charge in [-0.1, -0.05) is 6.07 Å². The van der Waals surface area contributed by atoms with Gasteiger partial charge in [0.15, 0.2) is 0 Å². The number of carbonyl (C=O) groups excluding carboxylic acids is 2. The summed E-state index contributed by atoms with van der Waals surface area (Å²) >= 11 is 1.48. The molecule has 0 saturated carbocycles. The number of amides is 2. The van der Waals surface area contributed by atoms with E-state index in [0.717, 1.165) is 37.1 Å². The smallest absolute Gasteiger partial charge is 0.277 e. The van der Waals surface area contributed by atoms with Crippen LogP contribution in [0.2, 0.25) is 0 Å². The Kier molecular flexibility index (Phi) is 5.11. The number of thiophene rings is 1. The first-order valence-corrected chi connectivity index (χ1v) is 10.2. The van der Waals surface area contributed by atoms with Gasteiger partial charge in [-0.15, -0.1) is 11.3 Å². The van der Waals surface area contributed by atoms with Gasteiger partial charge in [0, 0.05) is 31.2 Å². The number of carbonyl (C=O) groups is 2. The monoisotopic (exact) mass is 376 g/mol. The van der Waals surface area contributed by atoms with Crippen molar-refractivity contribution in [2.75, 3.05) is 32.8 Å². The molecule has 4 rings (SSSR count). The van der Waals surface area contributed by atoms with Crippen LogP contribution in [0.5, 0.6) is 0 Å². The summed E-state index contributed by atoms with van der Waals surface area (Å²) in [6, 6.07) is 3.80. The van der Waals surface area contributed by atoms with Crippen LogP contribution in [0.15, 0.2) is 23.2 Å². The second-order valence-electron chi connectivity index (χ2n) is 7.19. The molecule has 7 heteroatoms. The predicted molar refractivity (Wildman–Crippen MR) is 98.3 cm³/mol. The lowest BCUT2D eigenvalue weighted by molar-refractivity contribution is -0.139. The Hall–Kier alpha value is -1.70. The maximum absolute atomic E-state index is 13.2. The molecule has 1 N–H and O–H groups in total. The van der Waals surface area contributed by atoms with Crippen molar-refractivity contribution in [3.05, 3.63) is 28.1 Å². The number of likely N-dealkylation sites (tertiary alicyclic amines) is 1. The first-order chi connectivity index (χ1) is 12.7. The molecule has 4 heterocycles. The molecule has 0 bridgehead atoms. The van der Waals surface area contributed by atoms with Crippen molar-refractivity contribution in [1.29, 1.82) is 0 Å². The Morgan fingerprint density at radius 3 is 2.81 bits per heavy atom. The molecule has 3 aliphatic heterocycles. The lowest BCUT2D eigenvalue weighted by Crippen LogP contribution is -2.42. The Morgan fingerprint density at radius 2 is 2.12 bits per heavy atom. The predicted octanol–water partition coefficient (Wildman–Crippen LogP) is 1.71. The van der Waals surface area contributed by atoms with E-state index in [4.69, 9.17) is 4.74 Å². The van der Waals surface area contributed by atoms with Gasteiger partial charge in [0.1, 0.15) is 5.70 Å². The molecule has 6 nitrogen and oxygen atoms in total. The molecule has 0 spiro atoms.